The molecule has 3 amide bonds. The number of hydrogen-bond acceptors (Lipinski definition) is 4. The lowest BCUT2D eigenvalue weighted by Crippen LogP contribution is -2.30. The van der Waals surface area contributed by atoms with Crippen molar-refractivity contribution in [1.82, 2.24) is 5.32 Å². The van der Waals surface area contributed by atoms with Crippen molar-refractivity contribution in [3.63, 3.8) is 0 Å². The Bertz CT molecular complexity index is 1600. The van der Waals surface area contributed by atoms with Gasteiger partial charge in [0.05, 0.1) is 5.25 Å². The van der Waals surface area contributed by atoms with E-state index in [9.17, 15) is 14.4 Å². The van der Waals surface area contributed by atoms with Crippen molar-refractivity contribution in [2.24, 2.45) is 0 Å². The molecule has 1 atom stereocenters. The summed E-state index contributed by atoms with van der Waals surface area (Å²) in [5.41, 5.74) is 1.96. The molecular formula is C32H26Cl2IN3O3S. The Morgan fingerprint density at radius 3 is 2.17 bits per heavy atom. The van der Waals surface area contributed by atoms with Crippen molar-refractivity contribution in [3.05, 3.63) is 128 Å². The van der Waals surface area contributed by atoms with Crippen LogP contribution in [0.1, 0.15) is 29.3 Å². The van der Waals surface area contributed by atoms with E-state index in [-0.39, 0.29) is 16.9 Å². The van der Waals surface area contributed by atoms with Crippen molar-refractivity contribution < 1.29 is 14.4 Å². The molecule has 214 valence electrons. The lowest BCUT2D eigenvalue weighted by Gasteiger charge is -2.16. The fraction of sp³-hybridized carbons (Fsp3) is 0.0938. The van der Waals surface area contributed by atoms with Crippen LogP contribution in [0.4, 0.5) is 11.4 Å². The van der Waals surface area contributed by atoms with Crippen LogP contribution < -0.4 is 16.0 Å². The minimum absolute atomic E-state index is 0.0414. The van der Waals surface area contributed by atoms with E-state index in [0.29, 0.717) is 33.3 Å². The highest BCUT2D eigenvalue weighted by atomic mass is 127. The average molecular weight is 730 g/mol. The second-order valence-corrected chi connectivity index (χ2v) is 12.3. The molecule has 0 fully saturated rings. The summed E-state index contributed by atoms with van der Waals surface area (Å²) in [6.07, 6.45) is 2.05. The first-order valence-electron chi connectivity index (χ1n) is 12.9. The van der Waals surface area contributed by atoms with E-state index in [4.69, 9.17) is 23.2 Å². The van der Waals surface area contributed by atoms with E-state index in [2.05, 4.69) is 38.5 Å². The van der Waals surface area contributed by atoms with Gasteiger partial charge in [-0.25, -0.2) is 0 Å². The zero-order chi connectivity index (χ0) is 30.1. The van der Waals surface area contributed by atoms with Gasteiger partial charge in [0, 0.05) is 41.0 Å². The number of amides is 3. The molecule has 1 unspecified atom stereocenters. The number of benzene rings is 4. The summed E-state index contributed by atoms with van der Waals surface area (Å²) in [7, 11) is 0. The number of hydrogen-bond donors (Lipinski definition) is 3. The number of anilines is 2. The van der Waals surface area contributed by atoms with E-state index < -0.39 is 11.8 Å². The molecule has 42 heavy (non-hydrogen) atoms. The van der Waals surface area contributed by atoms with Crippen molar-refractivity contribution >= 4 is 92.7 Å². The summed E-state index contributed by atoms with van der Waals surface area (Å²) in [4.78, 5) is 40.2. The Labute approximate surface area is 272 Å². The van der Waals surface area contributed by atoms with E-state index >= 15 is 0 Å². The predicted octanol–water partition coefficient (Wildman–Crippen LogP) is 8.52. The van der Waals surface area contributed by atoms with Gasteiger partial charge in [0.2, 0.25) is 5.91 Å². The third-order valence-electron chi connectivity index (χ3n) is 5.96. The van der Waals surface area contributed by atoms with Crippen LogP contribution in [0.5, 0.6) is 0 Å². The highest BCUT2D eigenvalue weighted by Crippen LogP contribution is 2.30. The Hall–Kier alpha value is -3.31. The van der Waals surface area contributed by atoms with Crippen molar-refractivity contribution in [2.75, 3.05) is 10.6 Å². The maximum Gasteiger partial charge on any atom is 0.272 e. The highest BCUT2D eigenvalue weighted by molar-refractivity contribution is 14.1. The monoisotopic (exact) mass is 729 g/mol. The molecule has 0 heterocycles. The molecule has 0 spiro atoms. The average Bonchev–Trinajstić information content (AvgIpc) is 2.99. The second kappa shape index (κ2) is 15.2. The first-order chi connectivity index (χ1) is 20.2. The van der Waals surface area contributed by atoms with Crippen LogP contribution in [-0.2, 0) is 9.59 Å². The Morgan fingerprint density at radius 1 is 0.833 bits per heavy atom. The Morgan fingerprint density at radius 2 is 1.50 bits per heavy atom. The van der Waals surface area contributed by atoms with Crippen LogP contribution in [0.2, 0.25) is 10.0 Å². The Balaban J connectivity index is 1.53. The molecule has 0 radical (unpaired) electrons. The molecule has 0 saturated heterocycles. The molecule has 4 rings (SSSR count). The summed E-state index contributed by atoms with van der Waals surface area (Å²) >= 11 is 16.3. The van der Waals surface area contributed by atoms with Gasteiger partial charge < -0.3 is 16.0 Å². The molecule has 0 saturated carbocycles. The zero-order valence-electron chi connectivity index (χ0n) is 22.4. The third-order valence-corrected chi connectivity index (χ3v) is 8.70. The number of carbonyl (C=O) groups is 3. The molecule has 0 aliphatic rings. The lowest BCUT2D eigenvalue weighted by atomic mass is 10.1. The minimum Gasteiger partial charge on any atom is -0.325 e. The fourth-order valence-corrected chi connectivity index (χ4v) is 5.70. The number of rotatable bonds is 10. The molecule has 4 aromatic rings. The van der Waals surface area contributed by atoms with E-state index in [1.165, 1.54) is 17.8 Å². The molecular weight excluding hydrogens is 704 g/mol. The largest absolute Gasteiger partial charge is 0.325 e. The van der Waals surface area contributed by atoms with E-state index in [1.807, 2.05) is 37.3 Å². The molecule has 3 N–H and O–H groups in total. The second-order valence-electron chi connectivity index (χ2n) is 9.01. The van der Waals surface area contributed by atoms with Gasteiger partial charge >= 0.3 is 0 Å². The molecule has 4 aromatic carbocycles. The Kier molecular flexibility index (Phi) is 11.5. The van der Waals surface area contributed by atoms with Crippen LogP contribution in [0.15, 0.2) is 108 Å². The summed E-state index contributed by atoms with van der Waals surface area (Å²) in [6, 6.07) is 28.3. The third kappa shape index (κ3) is 8.84. The molecule has 10 heteroatoms. The van der Waals surface area contributed by atoms with Crippen molar-refractivity contribution in [2.45, 2.75) is 23.5 Å². The quantitative estimate of drug-likeness (QED) is 0.0868. The van der Waals surface area contributed by atoms with Gasteiger partial charge in [0.1, 0.15) is 5.70 Å². The first-order valence-corrected chi connectivity index (χ1v) is 15.6. The molecule has 6 nitrogen and oxygen atoms in total. The topological polar surface area (TPSA) is 87.3 Å². The standard InChI is InChI=1S/C32H26Cl2IN3O3S/c1-2-29(32(41)36-22-16-14-21(35)15-17-22)42-24-11-6-10-23(18-24)37-31(40)28(19-25-26(33)12-7-13-27(25)34)38-30(39)20-8-4-3-5-9-20/h3-19,29H,2H2,1H3,(H,36,41)(H,37,40)(H,38,39)/b28-19+. The smallest absolute Gasteiger partial charge is 0.272 e. The summed E-state index contributed by atoms with van der Waals surface area (Å²) in [5, 5.41) is 8.80. The summed E-state index contributed by atoms with van der Waals surface area (Å²) < 4.78 is 1.08. The SMILES string of the molecule is CCC(Sc1cccc(NC(=O)/C(=C\c2c(Cl)cccc2Cl)NC(=O)c2ccccc2)c1)C(=O)Nc1ccc(I)cc1. The van der Waals surface area contributed by atoms with Crippen LogP contribution >= 0.6 is 57.6 Å². The van der Waals surface area contributed by atoms with Gasteiger partial charge in [0.25, 0.3) is 11.8 Å². The van der Waals surface area contributed by atoms with Crippen molar-refractivity contribution in [3.8, 4) is 0 Å². The maximum absolute atomic E-state index is 13.5. The number of thioether (sulfide) groups is 1. The van der Waals surface area contributed by atoms with Crippen LogP contribution in [0.3, 0.4) is 0 Å². The van der Waals surface area contributed by atoms with Gasteiger partial charge in [-0.3, -0.25) is 14.4 Å². The molecule has 0 bridgehead atoms. The summed E-state index contributed by atoms with van der Waals surface area (Å²) in [5.74, 6) is -1.14. The van der Waals surface area contributed by atoms with Gasteiger partial charge in [-0.15, -0.1) is 11.8 Å². The van der Waals surface area contributed by atoms with Gasteiger partial charge in [-0.2, -0.15) is 0 Å². The van der Waals surface area contributed by atoms with Crippen LogP contribution in [0.25, 0.3) is 6.08 Å². The lowest BCUT2D eigenvalue weighted by molar-refractivity contribution is -0.116. The van der Waals surface area contributed by atoms with Gasteiger partial charge in [0.15, 0.2) is 0 Å². The molecule has 0 aliphatic heterocycles. The number of halogens is 3. The predicted molar refractivity (Wildman–Crippen MR) is 181 cm³/mol. The first kappa shape index (κ1) is 31.6. The number of carbonyl (C=O) groups excluding carboxylic acids is 3. The normalized spacial score (nSPS) is 11.9. The van der Waals surface area contributed by atoms with Gasteiger partial charge in [-0.05, 0) is 102 Å². The van der Waals surface area contributed by atoms with Gasteiger partial charge in [-0.1, -0.05) is 60.5 Å². The van der Waals surface area contributed by atoms with Crippen LogP contribution in [-0.4, -0.2) is 23.0 Å². The highest BCUT2D eigenvalue weighted by Gasteiger charge is 2.20. The van der Waals surface area contributed by atoms with Crippen molar-refractivity contribution in [1.29, 1.82) is 0 Å². The van der Waals surface area contributed by atoms with E-state index in [1.54, 1.807) is 66.7 Å². The zero-order valence-corrected chi connectivity index (χ0v) is 26.9. The maximum atomic E-state index is 13.5. The minimum atomic E-state index is -0.569. The molecule has 0 aliphatic carbocycles. The summed E-state index contributed by atoms with van der Waals surface area (Å²) in [6.45, 7) is 1.95. The van der Waals surface area contributed by atoms with Crippen LogP contribution in [0, 0.1) is 3.57 Å². The fourth-order valence-electron chi connectivity index (χ4n) is 3.82. The van der Waals surface area contributed by atoms with E-state index in [0.717, 1.165) is 14.2 Å². The number of nitrogens with one attached hydrogen (secondary N) is 3. The molecule has 0 aromatic heterocycles.